The van der Waals surface area contributed by atoms with Gasteiger partial charge in [0.1, 0.15) is 42.4 Å². The number of nitriles is 1. The highest BCUT2D eigenvalue weighted by atomic mass is 32.1. The van der Waals surface area contributed by atoms with Gasteiger partial charge in [-0.1, -0.05) is 57.2 Å². The quantitative estimate of drug-likeness (QED) is 0.0489. The van der Waals surface area contributed by atoms with Crippen LogP contribution in [-0.4, -0.2) is 95.8 Å². The summed E-state index contributed by atoms with van der Waals surface area (Å²) in [7, 11) is 0. The molecule has 2 aliphatic heterocycles. The largest absolute Gasteiger partial charge is 0.491 e. The maximum atomic E-state index is 15.8. The van der Waals surface area contributed by atoms with Crippen LogP contribution in [0.25, 0.3) is 21.6 Å². The minimum atomic E-state index is -4.86. The molecule has 2 aliphatic rings. The van der Waals surface area contributed by atoms with E-state index in [4.69, 9.17) is 26.4 Å². The van der Waals surface area contributed by atoms with E-state index in [-0.39, 0.29) is 66.9 Å². The van der Waals surface area contributed by atoms with E-state index in [1.54, 1.807) is 46.6 Å². The van der Waals surface area contributed by atoms with Gasteiger partial charge in [-0.15, -0.1) is 11.3 Å². The van der Waals surface area contributed by atoms with Crippen molar-refractivity contribution >= 4 is 63.7 Å². The number of benzene rings is 4. The Labute approximate surface area is 430 Å². The van der Waals surface area contributed by atoms with Crippen LogP contribution in [0, 0.1) is 29.5 Å². The Balaban J connectivity index is 0.828. The van der Waals surface area contributed by atoms with Gasteiger partial charge < -0.3 is 34.6 Å². The molecule has 0 saturated carbocycles. The Hall–Kier alpha value is -6.79. The molecule has 5 aromatic rings. The number of hydrogen-bond acceptors (Lipinski definition) is 11. The number of ether oxygens (including phenoxy) is 3. The van der Waals surface area contributed by atoms with Gasteiger partial charge in [0, 0.05) is 24.3 Å². The third-order valence-corrected chi connectivity index (χ3v) is 13.9. The zero-order valence-corrected chi connectivity index (χ0v) is 42.7. The van der Waals surface area contributed by atoms with Crippen molar-refractivity contribution in [1.82, 2.24) is 20.5 Å². The van der Waals surface area contributed by atoms with Crippen LogP contribution in [0.2, 0.25) is 0 Å². The van der Waals surface area contributed by atoms with E-state index in [1.165, 1.54) is 43.0 Å². The fourth-order valence-corrected chi connectivity index (χ4v) is 9.98. The zero-order chi connectivity index (χ0) is 52.8. The standard InChI is InChI=1S/C53H55F4N7O7S2/c1-32-45(73-31-60-32)35-11-9-33(10-12-35)29-59-47(66)43-8-7-21-62(43)48(67)46(51(2,3)4)61-44(65)30-70-23-22-69-24-25-71-39-18-14-34(15-19-39)40-20-17-38(27-42(40)54)64-50(72)63(49(68)52(64,5)6)37-16-13-36(28-58)41(26-37)53(55,56)57/h9-20,26-27,31,43,46H,7-8,21-25,29-30H2,1-6H3,(H,59,66)(H,61,65)/t43-,46?/m0/s1. The molecular formula is C53H55F4N7O7S2. The van der Waals surface area contributed by atoms with E-state index in [9.17, 15) is 37.6 Å². The fraction of sp³-hybridized carbons (Fsp3) is 0.377. The van der Waals surface area contributed by atoms with Crippen molar-refractivity contribution in [2.24, 2.45) is 5.41 Å². The number of rotatable bonds is 18. The zero-order valence-electron chi connectivity index (χ0n) is 41.1. The molecule has 2 saturated heterocycles. The van der Waals surface area contributed by atoms with Gasteiger partial charge in [-0.3, -0.25) is 24.1 Å². The molecule has 2 atom stereocenters. The van der Waals surface area contributed by atoms with E-state index in [1.807, 2.05) is 57.5 Å². The van der Waals surface area contributed by atoms with Crippen LogP contribution < -0.4 is 25.2 Å². The molecule has 14 nitrogen and oxygen atoms in total. The third kappa shape index (κ3) is 12.4. The number of likely N-dealkylation sites (tertiary alicyclic amines) is 1. The minimum Gasteiger partial charge on any atom is -0.491 e. The van der Waals surface area contributed by atoms with Crippen LogP contribution in [0.1, 0.15) is 69.8 Å². The summed E-state index contributed by atoms with van der Waals surface area (Å²) in [5.74, 6) is -1.84. The Morgan fingerprint density at radius 1 is 0.932 bits per heavy atom. The number of thiocarbonyl (C=S) groups is 1. The number of halogens is 4. The molecule has 0 aliphatic carbocycles. The smallest absolute Gasteiger partial charge is 0.417 e. The van der Waals surface area contributed by atoms with Crippen molar-refractivity contribution in [3.63, 3.8) is 0 Å². The van der Waals surface area contributed by atoms with E-state index in [2.05, 4.69) is 15.6 Å². The lowest BCUT2D eigenvalue weighted by atomic mass is 9.85. The first-order valence-corrected chi connectivity index (χ1v) is 24.7. The molecule has 3 heterocycles. The summed E-state index contributed by atoms with van der Waals surface area (Å²) in [6.45, 7) is 11.6. The first-order chi connectivity index (χ1) is 34.6. The summed E-state index contributed by atoms with van der Waals surface area (Å²) in [5.41, 5.74) is 1.67. The normalized spacial score (nSPS) is 16.1. The number of hydrogen-bond donors (Lipinski definition) is 2. The van der Waals surface area contributed by atoms with Gasteiger partial charge in [-0.05, 0) is 116 Å². The van der Waals surface area contributed by atoms with Gasteiger partial charge in [0.2, 0.25) is 17.7 Å². The lowest BCUT2D eigenvalue weighted by molar-refractivity contribution is -0.144. The molecule has 4 amide bonds. The number of anilines is 2. The second-order valence-corrected chi connectivity index (χ2v) is 20.3. The van der Waals surface area contributed by atoms with Crippen LogP contribution in [0.4, 0.5) is 28.9 Å². The van der Waals surface area contributed by atoms with Crippen molar-refractivity contribution in [3.05, 3.63) is 119 Å². The minimum absolute atomic E-state index is 0.0954. The number of nitrogens with one attached hydrogen (secondary N) is 2. The number of carbonyl (C=O) groups is 4. The summed E-state index contributed by atoms with van der Waals surface area (Å²) in [6, 6.07) is 21.7. The molecule has 20 heteroatoms. The third-order valence-electron chi connectivity index (χ3n) is 12.5. The molecule has 2 N–H and O–H groups in total. The monoisotopic (exact) mass is 1040 g/mol. The number of nitrogens with zero attached hydrogens (tertiary/aromatic N) is 5. The Morgan fingerprint density at radius 2 is 1.60 bits per heavy atom. The summed E-state index contributed by atoms with van der Waals surface area (Å²) >= 11 is 7.16. The average molecular weight is 1040 g/mol. The lowest BCUT2D eigenvalue weighted by Crippen LogP contribution is -2.58. The van der Waals surface area contributed by atoms with Gasteiger partial charge >= 0.3 is 6.18 Å². The molecule has 7 rings (SSSR count). The lowest BCUT2D eigenvalue weighted by Gasteiger charge is -2.35. The Bertz CT molecular complexity index is 2900. The Kier molecular flexibility index (Phi) is 16.7. The molecule has 4 aromatic carbocycles. The number of aryl methyl sites for hydroxylation is 1. The van der Waals surface area contributed by atoms with Crippen molar-refractivity contribution in [2.45, 2.75) is 84.7 Å². The molecule has 1 aromatic heterocycles. The van der Waals surface area contributed by atoms with E-state index in [0.29, 0.717) is 43.3 Å². The van der Waals surface area contributed by atoms with Gasteiger partial charge in [0.15, 0.2) is 5.11 Å². The summed E-state index contributed by atoms with van der Waals surface area (Å²) in [4.78, 5) is 63.3. The highest BCUT2D eigenvalue weighted by Gasteiger charge is 2.51. The molecule has 384 valence electrons. The van der Waals surface area contributed by atoms with Gasteiger partial charge in [0.25, 0.3) is 5.91 Å². The topological polar surface area (TPSA) is 166 Å². The molecule has 0 spiro atoms. The van der Waals surface area contributed by atoms with Crippen LogP contribution in [-0.2, 0) is 41.4 Å². The van der Waals surface area contributed by atoms with E-state index < -0.39 is 58.0 Å². The maximum Gasteiger partial charge on any atom is 0.417 e. The highest BCUT2D eigenvalue weighted by molar-refractivity contribution is 7.81. The predicted molar refractivity (Wildman–Crippen MR) is 272 cm³/mol. The second kappa shape index (κ2) is 22.5. The second-order valence-electron chi connectivity index (χ2n) is 19.1. The van der Waals surface area contributed by atoms with E-state index in [0.717, 1.165) is 32.7 Å². The molecular weight excluding hydrogens is 987 g/mol. The number of aromatic nitrogens is 1. The number of carbonyl (C=O) groups excluding carboxylic acids is 4. The van der Waals surface area contributed by atoms with Gasteiger partial charge in [-0.25, -0.2) is 9.37 Å². The SMILES string of the molecule is Cc1ncsc1-c1ccc(CNC(=O)[C@@H]2CCCN2C(=O)C(NC(=O)COCCOCCOc2ccc(-c3ccc(N4C(=S)N(c5ccc(C#N)c(C(F)(F)F)c5)C(=O)C4(C)C)cc3F)cc2)C(C)(C)C)cc1. The number of amides is 4. The fourth-order valence-electron chi connectivity index (χ4n) is 8.65. The maximum absolute atomic E-state index is 15.8. The molecule has 1 unspecified atom stereocenters. The van der Waals surface area contributed by atoms with Gasteiger partial charge in [0.05, 0.1) is 58.8 Å². The first-order valence-electron chi connectivity index (χ1n) is 23.5. The van der Waals surface area contributed by atoms with Crippen LogP contribution in [0.3, 0.4) is 0 Å². The first kappa shape index (κ1) is 54.0. The van der Waals surface area contributed by atoms with Crippen molar-refractivity contribution in [1.29, 1.82) is 5.26 Å². The molecule has 73 heavy (non-hydrogen) atoms. The van der Waals surface area contributed by atoms with Gasteiger partial charge in [-0.2, -0.15) is 18.4 Å². The van der Waals surface area contributed by atoms with Crippen molar-refractivity contribution in [3.8, 4) is 33.4 Å². The van der Waals surface area contributed by atoms with E-state index >= 15 is 4.39 Å². The van der Waals surface area contributed by atoms with Crippen LogP contribution in [0.5, 0.6) is 5.75 Å². The van der Waals surface area contributed by atoms with Crippen LogP contribution in [0.15, 0.2) is 90.4 Å². The molecule has 0 radical (unpaired) electrons. The predicted octanol–water partition coefficient (Wildman–Crippen LogP) is 8.98. The van der Waals surface area contributed by atoms with Crippen molar-refractivity contribution < 1.29 is 51.0 Å². The van der Waals surface area contributed by atoms with Crippen molar-refractivity contribution in [2.75, 3.05) is 49.4 Å². The highest BCUT2D eigenvalue weighted by Crippen LogP contribution is 2.41. The molecule has 0 bridgehead atoms. The Morgan fingerprint density at radius 3 is 2.25 bits per heavy atom. The summed E-state index contributed by atoms with van der Waals surface area (Å²) in [5, 5.41) is 14.9. The number of thiazole rings is 1. The molecule has 2 fully saturated rings. The average Bonchev–Trinajstić information content (AvgIpc) is 4.06. The summed E-state index contributed by atoms with van der Waals surface area (Å²) in [6.07, 6.45) is -3.68. The number of alkyl halides is 3. The summed E-state index contributed by atoms with van der Waals surface area (Å²) < 4.78 is 74.0. The van der Waals surface area contributed by atoms with Crippen LogP contribution >= 0.6 is 23.6 Å².